The van der Waals surface area contributed by atoms with Gasteiger partial charge in [-0.1, -0.05) is 26.0 Å². The summed E-state index contributed by atoms with van der Waals surface area (Å²) in [6.45, 7) is 8.41. The first-order chi connectivity index (χ1) is 15.2. The van der Waals surface area contributed by atoms with Gasteiger partial charge in [0.25, 0.3) is 0 Å². The molecule has 3 nitrogen and oxygen atoms in total. The molecule has 0 aliphatic carbocycles. The average molecular weight is 550 g/mol. The van der Waals surface area contributed by atoms with Crippen LogP contribution in [0.4, 0.5) is 8.63 Å². The zero-order valence-electron chi connectivity index (χ0n) is 19.7. The Morgan fingerprint density at radius 2 is 1.69 bits per heavy atom. The van der Waals surface area contributed by atoms with Crippen molar-refractivity contribution in [2.75, 3.05) is 13.2 Å². The minimum Gasteiger partial charge on any atom is -0.393 e. The minimum atomic E-state index is -4.06. The lowest BCUT2D eigenvalue weighted by molar-refractivity contribution is -0.365. The number of aromatic nitrogens is 1. The molecule has 0 atom stereocenters. The van der Waals surface area contributed by atoms with E-state index in [1.54, 1.807) is 0 Å². The van der Waals surface area contributed by atoms with Crippen molar-refractivity contribution >= 4 is 40.8 Å². The highest BCUT2D eigenvalue weighted by molar-refractivity contribution is 14.1. The van der Waals surface area contributed by atoms with Crippen LogP contribution in [-0.2, 0) is 11.2 Å². The van der Waals surface area contributed by atoms with E-state index in [2.05, 4.69) is 34.7 Å². The van der Waals surface area contributed by atoms with Gasteiger partial charge < -0.3 is 22.3 Å². The Bertz CT molecular complexity index is 1190. The molecule has 2 aromatic rings. The average Bonchev–Trinajstić information content (AvgIpc) is 3.19. The van der Waals surface area contributed by atoms with Crippen molar-refractivity contribution in [1.82, 2.24) is 4.48 Å². The molecule has 170 valence electrons. The number of hydrogen-bond donors (Lipinski definition) is 0. The van der Waals surface area contributed by atoms with Gasteiger partial charge in [-0.05, 0) is 97.6 Å². The molecule has 3 heterocycles. The number of allylic oxidation sites excluding steroid dienone is 1. The molecule has 0 saturated heterocycles. The lowest BCUT2D eigenvalue weighted by atomic mass is 9.83. The molecule has 0 unspecified atom stereocenters. The summed E-state index contributed by atoms with van der Waals surface area (Å²) in [5, 5.41) is 0. The molecule has 2 aliphatic rings. The van der Waals surface area contributed by atoms with E-state index in [1.165, 1.54) is 8.96 Å². The van der Waals surface area contributed by atoms with Gasteiger partial charge in [-0.25, -0.2) is 0 Å². The number of nitrogens with zero attached hydrogens (tertiary/aromatic N) is 2. The van der Waals surface area contributed by atoms with Crippen molar-refractivity contribution in [2.24, 2.45) is 0 Å². The molecule has 2 aliphatic heterocycles. The topological polar surface area (TPSA) is 17.2 Å². The van der Waals surface area contributed by atoms with Crippen LogP contribution in [0, 0.1) is 17.4 Å². The molecule has 7 heteroatoms. The molecule has 1 aromatic heterocycles. The van der Waals surface area contributed by atoms with E-state index in [9.17, 15) is 0 Å². The SMILES string of the molecule is CCOCC1=[N+]2C(=C(c3ccc(I)cc3)c3c(C)c(CC)c(C)n3[B-]2(F)F)C(C)=C1CC. The fourth-order valence-electron chi connectivity index (χ4n) is 5.54. The Balaban J connectivity index is 2.19. The summed E-state index contributed by atoms with van der Waals surface area (Å²) in [4.78, 5) is 0. The highest BCUT2D eigenvalue weighted by atomic mass is 127. The van der Waals surface area contributed by atoms with Gasteiger partial charge in [-0.3, -0.25) is 0 Å². The largest absolute Gasteiger partial charge is 0.737 e. The zero-order valence-corrected chi connectivity index (χ0v) is 21.8. The maximum absolute atomic E-state index is 16.5. The number of halogens is 3. The first-order valence-electron chi connectivity index (χ1n) is 11.4. The van der Waals surface area contributed by atoms with Crippen molar-refractivity contribution in [3.63, 3.8) is 0 Å². The van der Waals surface area contributed by atoms with Crippen LogP contribution in [0.1, 0.15) is 62.2 Å². The second kappa shape index (κ2) is 8.56. The summed E-state index contributed by atoms with van der Waals surface area (Å²) >= 11 is 2.28. The van der Waals surface area contributed by atoms with Gasteiger partial charge >= 0.3 is 6.97 Å². The number of hydrogen-bond acceptors (Lipinski definition) is 1. The Labute approximate surface area is 203 Å². The summed E-state index contributed by atoms with van der Waals surface area (Å²) in [6, 6.07) is 8.19. The first kappa shape index (κ1) is 23.4. The van der Waals surface area contributed by atoms with Gasteiger partial charge in [0.2, 0.25) is 0 Å². The molecule has 4 rings (SSSR count). The molecule has 0 N–H and O–H groups in total. The van der Waals surface area contributed by atoms with Crippen molar-refractivity contribution in [3.05, 3.63) is 72.8 Å². The molecule has 0 amide bonds. The number of ether oxygens (including phenoxy) is 1. The van der Waals surface area contributed by atoms with Gasteiger partial charge in [0.1, 0.15) is 6.61 Å². The van der Waals surface area contributed by atoms with Crippen LogP contribution in [0.2, 0.25) is 0 Å². The second-order valence-corrected chi connectivity index (χ2v) is 9.74. The number of fused-ring (bicyclic) bond motifs is 2. The van der Waals surface area contributed by atoms with Crippen LogP contribution in [0.3, 0.4) is 0 Å². The highest BCUT2D eigenvalue weighted by Crippen LogP contribution is 2.47. The molecular formula is C25H30BF2IN2O. The predicted octanol–water partition coefficient (Wildman–Crippen LogP) is 6.50. The van der Waals surface area contributed by atoms with E-state index in [-0.39, 0.29) is 6.61 Å². The Hall–Kier alpha value is -1.74. The van der Waals surface area contributed by atoms with Crippen LogP contribution in [0.5, 0.6) is 0 Å². The monoisotopic (exact) mass is 550 g/mol. The third-order valence-electron chi connectivity index (χ3n) is 6.91. The summed E-state index contributed by atoms with van der Waals surface area (Å²) in [5.74, 6) is 0. The van der Waals surface area contributed by atoms with Gasteiger partial charge in [0.15, 0.2) is 11.4 Å². The molecule has 32 heavy (non-hydrogen) atoms. The van der Waals surface area contributed by atoms with Crippen LogP contribution in [-0.4, -0.2) is 34.9 Å². The fourth-order valence-corrected chi connectivity index (χ4v) is 5.90. The first-order valence-corrected chi connectivity index (χ1v) is 12.4. The van der Waals surface area contributed by atoms with Crippen molar-refractivity contribution in [1.29, 1.82) is 0 Å². The standard InChI is InChI=1S/C25H30BF2IN2O/c1-7-20-15(4)24-23(18-10-12-19(29)13-11-18)25-16(5)21(8-2)22(14-32-9-3)31(25)26(27,28)30(24)17(20)6/h10-13H,7-9,14H2,1-6H3. The molecular weight excluding hydrogens is 520 g/mol. The lowest BCUT2D eigenvalue weighted by Crippen LogP contribution is -2.52. The molecule has 1 aromatic carbocycles. The molecule has 0 radical (unpaired) electrons. The smallest absolute Gasteiger partial charge is 0.393 e. The predicted molar refractivity (Wildman–Crippen MR) is 137 cm³/mol. The second-order valence-electron chi connectivity index (χ2n) is 8.49. The van der Waals surface area contributed by atoms with Gasteiger partial charge in [-0.2, -0.15) is 0 Å². The van der Waals surface area contributed by atoms with E-state index >= 15 is 8.63 Å². The van der Waals surface area contributed by atoms with E-state index in [1.807, 2.05) is 53.7 Å². The molecule has 0 saturated carbocycles. The fraction of sp³-hybridized carbons (Fsp3) is 0.400. The molecule has 0 fully saturated rings. The Morgan fingerprint density at radius 3 is 2.25 bits per heavy atom. The molecule has 0 bridgehead atoms. The van der Waals surface area contributed by atoms with Crippen LogP contribution >= 0.6 is 22.6 Å². The Kier molecular flexibility index (Phi) is 6.27. The third kappa shape index (κ3) is 3.26. The quantitative estimate of drug-likeness (QED) is 0.297. The maximum Gasteiger partial charge on any atom is 0.737 e. The Morgan fingerprint density at radius 1 is 1.03 bits per heavy atom. The minimum absolute atomic E-state index is 0.188. The van der Waals surface area contributed by atoms with Gasteiger partial charge in [0.05, 0.1) is 5.57 Å². The van der Waals surface area contributed by atoms with Crippen molar-refractivity contribution in [2.45, 2.75) is 54.4 Å². The summed E-state index contributed by atoms with van der Waals surface area (Å²) in [7, 11) is 0. The number of benzene rings is 1. The van der Waals surface area contributed by atoms with Crippen LogP contribution < -0.4 is 0 Å². The van der Waals surface area contributed by atoms with E-state index in [0.717, 1.165) is 43.4 Å². The highest BCUT2D eigenvalue weighted by Gasteiger charge is 2.57. The lowest BCUT2D eigenvalue weighted by Gasteiger charge is -2.34. The molecule has 0 spiro atoms. The normalized spacial score (nSPS) is 17.4. The maximum atomic E-state index is 16.5. The summed E-state index contributed by atoms with van der Waals surface area (Å²) in [5.41, 5.74) is 8.27. The van der Waals surface area contributed by atoms with Crippen LogP contribution in [0.25, 0.3) is 5.57 Å². The summed E-state index contributed by atoms with van der Waals surface area (Å²) in [6.07, 6.45) is 1.41. The van der Waals surface area contributed by atoms with E-state index in [4.69, 9.17) is 4.74 Å². The van der Waals surface area contributed by atoms with Crippen molar-refractivity contribution in [3.8, 4) is 0 Å². The third-order valence-corrected chi connectivity index (χ3v) is 7.63. The zero-order chi connectivity index (χ0) is 23.4. The van der Waals surface area contributed by atoms with Gasteiger partial charge in [-0.15, -0.1) is 0 Å². The van der Waals surface area contributed by atoms with Gasteiger partial charge in [0, 0.05) is 27.0 Å². The van der Waals surface area contributed by atoms with Crippen LogP contribution in [0.15, 0.2) is 41.1 Å². The van der Waals surface area contributed by atoms with E-state index < -0.39 is 6.97 Å². The number of rotatable bonds is 6. The van der Waals surface area contributed by atoms with E-state index in [0.29, 0.717) is 35.8 Å². The van der Waals surface area contributed by atoms with Crippen molar-refractivity contribution < 1.29 is 17.9 Å². The summed E-state index contributed by atoms with van der Waals surface area (Å²) < 4.78 is 42.4.